The predicted molar refractivity (Wildman–Crippen MR) is 184 cm³/mol. The number of ether oxygens (including phenoxy) is 2. The molecule has 2 amide bonds. The first kappa shape index (κ1) is 35.9. The highest BCUT2D eigenvalue weighted by molar-refractivity contribution is 7.92. The Kier molecular flexibility index (Phi) is 12.6. The zero-order valence-corrected chi connectivity index (χ0v) is 28.5. The van der Waals surface area contributed by atoms with Crippen molar-refractivity contribution in [2.45, 2.75) is 50.6 Å². The van der Waals surface area contributed by atoms with Crippen molar-refractivity contribution in [2.75, 3.05) is 31.6 Å². The largest absolute Gasteiger partial charge is 0.493 e. The number of halogens is 1. The number of anilines is 1. The number of hydrogen-bond donors (Lipinski definition) is 1. The Bertz CT molecular complexity index is 1780. The Hall–Kier alpha value is -4.90. The molecule has 4 aromatic carbocycles. The van der Waals surface area contributed by atoms with Crippen LogP contribution in [0.2, 0.25) is 0 Å². The number of carbonyl (C=O) groups excluding carboxylic acids is 2. The number of rotatable bonds is 16. The molecule has 0 unspecified atom stereocenters. The maximum absolute atomic E-state index is 15.1. The van der Waals surface area contributed by atoms with Gasteiger partial charge >= 0.3 is 0 Å². The number of amides is 2. The SMILES string of the molecule is CCCCNC(=O)[C@@H](Cc1ccccc1)N(Cc1ccccc1F)C(=O)CN(c1ccc(OC)c(OC)c1)S(=O)(=O)c1ccc(C)cc1. The summed E-state index contributed by atoms with van der Waals surface area (Å²) in [5.41, 5.74) is 1.96. The zero-order chi connectivity index (χ0) is 34.7. The normalized spacial score (nSPS) is 11.8. The average Bonchev–Trinajstić information content (AvgIpc) is 3.09. The van der Waals surface area contributed by atoms with Crippen molar-refractivity contribution in [2.24, 2.45) is 0 Å². The number of methoxy groups -OCH3 is 2. The van der Waals surface area contributed by atoms with E-state index in [2.05, 4.69) is 5.32 Å². The van der Waals surface area contributed by atoms with E-state index in [0.29, 0.717) is 12.3 Å². The van der Waals surface area contributed by atoms with E-state index in [1.54, 1.807) is 30.3 Å². The first-order valence-corrected chi connectivity index (χ1v) is 17.2. The minimum atomic E-state index is -4.33. The summed E-state index contributed by atoms with van der Waals surface area (Å²) in [7, 11) is -1.45. The van der Waals surface area contributed by atoms with E-state index in [0.717, 1.165) is 28.3 Å². The van der Waals surface area contributed by atoms with Crippen LogP contribution in [0.15, 0.2) is 102 Å². The molecule has 9 nitrogen and oxygen atoms in total. The van der Waals surface area contributed by atoms with Crippen molar-refractivity contribution < 1.29 is 31.9 Å². The van der Waals surface area contributed by atoms with E-state index >= 15 is 4.39 Å². The fraction of sp³-hybridized carbons (Fsp3) is 0.297. The fourth-order valence-corrected chi connectivity index (χ4v) is 6.62. The molecule has 48 heavy (non-hydrogen) atoms. The van der Waals surface area contributed by atoms with Gasteiger partial charge in [-0.3, -0.25) is 13.9 Å². The number of unbranched alkanes of at least 4 members (excludes halogenated alkanes) is 1. The summed E-state index contributed by atoms with van der Waals surface area (Å²) in [6.45, 7) is 3.27. The fourth-order valence-electron chi connectivity index (χ4n) is 5.22. The summed E-state index contributed by atoms with van der Waals surface area (Å²) in [5.74, 6) is -1.05. The minimum absolute atomic E-state index is 0.0329. The highest BCUT2D eigenvalue weighted by Gasteiger charge is 2.35. The average molecular weight is 676 g/mol. The van der Waals surface area contributed by atoms with Crippen LogP contribution in [-0.4, -0.2) is 58.5 Å². The molecule has 0 aliphatic rings. The Morgan fingerprint density at radius 3 is 2.19 bits per heavy atom. The van der Waals surface area contributed by atoms with Crippen molar-refractivity contribution in [3.63, 3.8) is 0 Å². The van der Waals surface area contributed by atoms with Crippen molar-refractivity contribution in [3.8, 4) is 11.5 Å². The van der Waals surface area contributed by atoms with Crippen LogP contribution in [-0.2, 0) is 32.6 Å². The van der Waals surface area contributed by atoms with E-state index in [4.69, 9.17) is 9.47 Å². The van der Waals surface area contributed by atoms with Gasteiger partial charge in [0.15, 0.2) is 11.5 Å². The van der Waals surface area contributed by atoms with Crippen LogP contribution in [0.3, 0.4) is 0 Å². The molecule has 11 heteroatoms. The lowest BCUT2D eigenvalue weighted by Crippen LogP contribution is -2.53. The molecule has 0 spiro atoms. The van der Waals surface area contributed by atoms with Gasteiger partial charge in [0, 0.05) is 31.1 Å². The van der Waals surface area contributed by atoms with Crippen LogP contribution >= 0.6 is 0 Å². The van der Waals surface area contributed by atoms with Gasteiger partial charge in [0.2, 0.25) is 11.8 Å². The molecule has 0 fully saturated rings. The predicted octanol–water partition coefficient (Wildman–Crippen LogP) is 5.90. The maximum Gasteiger partial charge on any atom is 0.264 e. The monoisotopic (exact) mass is 675 g/mol. The summed E-state index contributed by atoms with van der Waals surface area (Å²) >= 11 is 0. The smallest absolute Gasteiger partial charge is 0.264 e. The van der Waals surface area contributed by atoms with Crippen LogP contribution in [0.25, 0.3) is 0 Å². The molecule has 4 aromatic rings. The van der Waals surface area contributed by atoms with Crippen molar-refractivity contribution in [1.82, 2.24) is 10.2 Å². The van der Waals surface area contributed by atoms with Gasteiger partial charge in [0.1, 0.15) is 18.4 Å². The number of hydrogen-bond acceptors (Lipinski definition) is 6. The van der Waals surface area contributed by atoms with Crippen molar-refractivity contribution >= 4 is 27.5 Å². The summed E-state index contributed by atoms with van der Waals surface area (Å²) in [6.07, 6.45) is 1.70. The molecule has 0 aliphatic heterocycles. The molecule has 254 valence electrons. The van der Waals surface area contributed by atoms with Crippen LogP contribution < -0.4 is 19.1 Å². The quantitative estimate of drug-likeness (QED) is 0.148. The number of benzene rings is 4. The van der Waals surface area contributed by atoms with Gasteiger partial charge < -0.3 is 19.7 Å². The summed E-state index contributed by atoms with van der Waals surface area (Å²) < 4.78 is 55.5. The van der Waals surface area contributed by atoms with Gasteiger partial charge in [0.25, 0.3) is 10.0 Å². The topological polar surface area (TPSA) is 105 Å². The van der Waals surface area contributed by atoms with Crippen LogP contribution in [0.5, 0.6) is 11.5 Å². The van der Waals surface area contributed by atoms with E-state index < -0.39 is 40.2 Å². The molecule has 0 saturated heterocycles. The second kappa shape index (κ2) is 16.8. The molecule has 0 bridgehead atoms. The van der Waals surface area contributed by atoms with Crippen LogP contribution in [0.4, 0.5) is 10.1 Å². The number of nitrogens with zero attached hydrogens (tertiary/aromatic N) is 2. The number of nitrogens with one attached hydrogen (secondary N) is 1. The minimum Gasteiger partial charge on any atom is -0.493 e. The number of sulfonamides is 1. The zero-order valence-electron chi connectivity index (χ0n) is 27.7. The van der Waals surface area contributed by atoms with Gasteiger partial charge in [-0.25, -0.2) is 12.8 Å². The number of carbonyl (C=O) groups is 2. The summed E-state index contributed by atoms with van der Waals surface area (Å²) in [4.78, 5) is 29.7. The van der Waals surface area contributed by atoms with E-state index in [9.17, 15) is 18.0 Å². The van der Waals surface area contributed by atoms with E-state index in [-0.39, 0.29) is 34.9 Å². The Labute approximate surface area is 282 Å². The first-order chi connectivity index (χ1) is 23.1. The lowest BCUT2D eigenvalue weighted by atomic mass is 10.0. The lowest BCUT2D eigenvalue weighted by Gasteiger charge is -2.34. The summed E-state index contributed by atoms with van der Waals surface area (Å²) in [5, 5.41) is 2.92. The maximum atomic E-state index is 15.1. The molecule has 4 rings (SSSR count). The van der Waals surface area contributed by atoms with Crippen LogP contribution in [0, 0.1) is 12.7 Å². The molecule has 0 heterocycles. The first-order valence-electron chi connectivity index (χ1n) is 15.7. The van der Waals surface area contributed by atoms with E-state index in [1.807, 2.05) is 44.2 Å². The standard InChI is InChI=1S/C37H42FN3O6S/c1-5-6-22-39-37(43)33(23-28-12-8-7-9-13-28)40(25-29-14-10-11-15-32(29)38)36(42)26-41(30-18-21-34(46-3)35(24-30)47-4)48(44,45)31-19-16-27(2)17-20-31/h7-21,24,33H,5-6,22-23,25-26H2,1-4H3,(H,39,43)/t33-/m1/s1. The van der Waals surface area contributed by atoms with Gasteiger partial charge in [0.05, 0.1) is 24.8 Å². The van der Waals surface area contributed by atoms with Gasteiger partial charge in [-0.1, -0.05) is 79.6 Å². The van der Waals surface area contributed by atoms with Gasteiger partial charge in [-0.2, -0.15) is 0 Å². The Morgan fingerprint density at radius 2 is 1.54 bits per heavy atom. The Balaban J connectivity index is 1.84. The second-order valence-electron chi connectivity index (χ2n) is 11.3. The Morgan fingerprint density at radius 1 is 0.875 bits per heavy atom. The van der Waals surface area contributed by atoms with Gasteiger partial charge in [-0.15, -0.1) is 0 Å². The van der Waals surface area contributed by atoms with Crippen molar-refractivity contribution in [3.05, 3.63) is 120 Å². The highest BCUT2D eigenvalue weighted by atomic mass is 32.2. The molecule has 1 N–H and O–H groups in total. The second-order valence-corrected chi connectivity index (χ2v) is 13.2. The molecule has 1 atom stereocenters. The molecular formula is C37H42FN3O6S. The molecule has 0 radical (unpaired) electrons. The molecule has 0 saturated carbocycles. The van der Waals surface area contributed by atoms with Crippen molar-refractivity contribution in [1.29, 1.82) is 0 Å². The number of aryl methyl sites for hydroxylation is 1. The third-order valence-corrected chi connectivity index (χ3v) is 9.73. The van der Waals surface area contributed by atoms with Crippen LogP contribution in [0.1, 0.15) is 36.5 Å². The lowest BCUT2D eigenvalue weighted by molar-refractivity contribution is -0.140. The third-order valence-electron chi connectivity index (χ3n) is 7.94. The van der Waals surface area contributed by atoms with Gasteiger partial charge in [-0.05, 0) is 49.2 Å². The highest BCUT2D eigenvalue weighted by Crippen LogP contribution is 2.34. The third kappa shape index (κ3) is 8.92. The van der Waals surface area contributed by atoms with E-state index in [1.165, 1.54) is 55.5 Å². The molecule has 0 aliphatic carbocycles. The molecule has 0 aromatic heterocycles. The summed E-state index contributed by atoms with van der Waals surface area (Å²) in [6, 6.07) is 24.9. The molecular weight excluding hydrogens is 633 g/mol.